The van der Waals surface area contributed by atoms with Crippen LogP contribution < -0.4 is 10.2 Å². The van der Waals surface area contributed by atoms with Crippen LogP contribution in [0.15, 0.2) is 41.8 Å². The van der Waals surface area contributed by atoms with Crippen LogP contribution in [-0.2, 0) is 9.59 Å². The van der Waals surface area contributed by atoms with Gasteiger partial charge in [0, 0.05) is 16.6 Å². The van der Waals surface area contributed by atoms with Gasteiger partial charge in [0.1, 0.15) is 0 Å². The fourth-order valence-corrected chi connectivity index (χ4v) is 4.46. The van der Waals surface area contributed by atoms with Crippen molar-refractivity contribution in [3.05, 3.63) is 52.2 Å². The normalized spacial score (nSPS) is 16.3. The highest BCUT2D eigenvalue weighted by atomic mass is 32.1. The van der Waals surface area contributed by atoms with Gasteiger partial charge < -0.3 is 5.32 Å². The maximum absolute atomic E-state index is 13.5. The quantitative estimate of drug-likeness (QED) is 0.722. The molecule has 4 nitrogen and oxygen atoms in total. The van der Waals surface area contributed by atoms with Gasteiger partial charge in [-0.25, -0.2) is 0 Å². The molecule has 1 atom stereocenters. The van der Waals surface area contributed by atoms with Crippen molar-refractivity contribution >= 4 is 28.8 Å². The number of anilines is 1. The predicted molar refractivity (Wildman–Crippen MR) is 107 cm³/mol. The molecule has 0 saturated heterocycles. The molecule has 29 heavy (non-hydrogen) atoms. The van der Waals surface area contributed by atoms with Crippen molar-refractivity contribution in [1.29, 1.82) is 0 Å². The first-order valence-electron chi connectivity index (χ1n) is 9.58. The van der Waals surface area contributed by atoms with Gasteiger partial charge in [-0.05, 0) is 48.9 Å². The minimum atomic E-state index is -5.11. The number of hydrogen-bond acceptors (Lipinski definition) is 3. The molecule has 1 aliphatic rings. The second-order valence-electron chi connectivity index (χ2n) is 7.27. The molecule has 1 N–H and O–H groups in total. The van der Waals surface area contributed by atoms with Crippen LogP contribution in [0, 0.1) is 6.92 Å². The van der Waals surface area contributed by atoms with Crippen molar-refractivity contribution in [3.8, 4) is 0 Å². The fraction of sp³-hybridized carbons (Fsp3) is 0.429. The van der Waals surface area contributed by atoms with Crippen molar-refractivity contribution in [2.45, 2.75) is 57.3 Å². The van der Waals surface area contributed by atoms with Gasteiger partial charge in [-0.15, -0.1) is 11.3 Å². The van der Waals surface area contributed by atoms with Gasteiger partial charge in [0.2, 0.25) is 5.91 Å². The van der Waals surface area contributed by atoms with Crippen molar-refractivity contribution < 1.29 is 22.8 Å². The molecule has 1 aromatic carbocycles. The average Bonchev–Trinajstić information content (AvgIpc) is 3.19. The third kappa shape index (κ3) is 5.18. The van der Waals surface area contributed by atoms with Crippen molar-refractivity contribution in [2.75, 3.05) is 4.90 Å². The standard InChI is InChI=1S/C21H23F3N2O2S/c1-14-7-5-10-16(13-14)26(20(28)21(22,23)24)18(17-11-6-12-29-17)19(27)25-15-8-3-2-4-9-15/h5-7,10-13,15,18H,2-4,8-9H2,1H3,(H,25,27)/t18-/m1/s1. The van der Waals surface area contributed by atoms with Gasteiger partial charge in [0.05, 0.1) is 0 Å². The molecule has 1 fully saturated rings. The summed E-state index contributed by atoms with van der Waals surface area (Å²) in [5.74, 6) is -2.64. The third-order valence-electron chi connectivity index (χ3n) is 5.01. The monoisotopic (exact) mass is 424 g/mol. The first kappa shape index (κ1) is 21.4. The molecule has 2 aromatic rings. The number of hydrogen-bond donors (Lipinski definition) is 1. The van der Waals surface area contributed by atoms with Crippen LogP contribution in [-0.4, -0.2) is 24.0 Å². The third-order valence-corrected chi connectivity index (χ3v) is 5.94. The second-order valence-corrected chi connectivity index (χ2v) is 8.25. The number of carbonyl (C=O) groups excluding carboxylic acids is 2. The zero-order valence-corrected chi connectivity index (χ0v) is 16.9. The molecule has 1 heterocycles. The maximum atomic E-state index is 13.5. The fourth-order valence-electron chi connectivity index (χ4n) is 3.65. The van der Waals surface area contributed by atoms with Crippen LogP contribution in [0.25, 0.3) is 0 Å². The van der Waals surface area contributed by atoms with E-state index in [1.807, 2.05) is 0 Å². The van der Waals surface area contributed by atoms with E-state index in [9.17, 15) is 22.8 Å². The van der Waals surface area contributed by atoms with E-state index in [4.69, 9.17) is 0 Å². The van der Waals surface area contributed by atoms with Crippen molar-refractivity contribution in [1.82, 2.24) is 5.32 Å². The molecule has 1 aromatic heterocycles. The highest BCUT2D eigenvalue weighted by Gasteiger charge is 2.47. The second kappa shape index (κ2) is 8.98. The Balaban J connectivity index is 2.02. The number of carbonyl (C=O) groups is 2. The molecule has 1 saturated carbocycles. The Morgan fingerprint density at radius 2 is 1.86 bits per heavy atom. The summed E-state index contributed by atoms with van der Waals surface area (Å²) in [4.78, 5) is 26.6. The highest BCUT2D eigenvalue weighted by molar-refractivity contribution is 7.10. The number of alkyl halides is 3. The number of aryl methyl sites for hydroxylation is 1. The number of nitrogens with zero attached hydrogens (tertiary/aromatic N) is 1. The lowest BCUT2D eigenvalue weighted by atomic mass is 9.95. The number of nitrogens with one attached hydrogen (secondary N) is 1. The Hall–Kier alpha value is -2.35. The van der Waals surface area contributed by atoms with Crippen LogP contribution in [0.3, 0.4) is 0 Å². The van der Waals surface area contributed by atoms with Crippen molar-refractivity contribution in [3.63, 3.8) is 0 Å². The smallest absolute Gasteiger partial charge is 0.351 e. The predicted octanol–water partition coefficient (Wildman–Crippen LogP) is 5.14. The molecule has 0 aliphatic heterocycles. The molecular weight excluding hydrogens is 401 g/mol. The summed E-state index contributed by atoms with van der Waals surface area (Å²) >= 11 is 1.15. The van der Waals surface area contributed by atoms with Gasteiger partial charge in [-0.3, -0.25) is 14.5 Å². The molecule has 0 radical (unpaired) electrons. The Kier molecular flexibility index (Phi) is 6.62. The zero-order chi connectivity index (χ0) is 21.0. The molecule has 0 bridgehead atoms. The lowest BCUT2D eigenvalue weighted by Gasteiger charge is -2.33. The average molecular weight is 424 g/mol. The number of thiophene rings is 1. The topological polar surface area (TPSA) is 49.4 Å². The van der Waals surface area contributed by atoms with E-state index in [2.05, 4.69) is 5.32 Å². The Morgan fingerprint density at radius 3 is 2.45 bits per heavy atom. The Morgan fingerprint density at radius 1 is 1.14 bits per heavy atom. The summed E-state index contributed by atoms with van der Waals surface area (Å²) in [5, 5.41) is 4.57. The number of rotatable bonds is 5. The number of halogens is 3. The summed E-state index contributed by atoms with van der Waals surface area (Å²) in [5.41, 5.74) is 0.740. The van der Waals surface area contributed by atoms with Crippen LogP contribution >= 0.6 is 11.3 Å². The van der Waals surface area contributed by atoms with E-state index in [0.717, 1.165) is 43.4 Å². The van der Waals surface area contributed by atoms with Gasteiger partial charge >= 0.3 is 12.1 Å². The van der Waals surface area contributed by atoms with E-state index in [1.54, 1.807) is 36.6 Å². The minimum absolute atomic E-state index is 0.0459. The summed E-state index contributed by atoms with van der Waals surface area (Å²) in [6.45, 7) is 1.72. The summed E-state index contributed by atoms with van der Waals surface area (Å²) in [6, 6.07) is 7.99. The van der Waals surface area contributed by atoms with E-state index in [-0.39, 0.29) is 11.7 Å². The van der Waals surface area contributed by atoms with Gasteiger partial charge in [0.15, 0.2) is 6.04 Å². The summed E-state index contributed by atoms with van der Waals surface area (Å²) in [7, 11) is 0. The SMILES string of the molecule is Cc1cccc(N(C(=O)C(F)(F)F)[C@@H](C(=O)NC2CCCCC2)c2cccs2)c1. The van der Waals surface area contributed by atoms with Crippen LogP contribution in [0.1, 0.15) is 48.6 Å². The lowest BCUT2D eigenvalue weighted by molar-refractivity contribution is -0.171. The molecular formula is C21H23F3N2O2S. The molecule has 2 amide bonds. The van der Waals surface area contributed by atoms with Gasteiger partial charge in [0.25, 0.3) is 0 Å². The van der Waals surface area contributed by atoms with Crippen LogP contribution in [0.2, 0.25) is 0 Å². The van der Waals surface area contributed by atoms with Crippen LogP contribution in [0.4, 0.5) is 18.9 Å². The van der Waals surface area contributed by atoms with Crippen LogP contribution in [0.5, 0.6) is 0 Å². The Labute approximate surface area is 171 Å². The van der Waals surface area contributed by atoms with E-state index in [0.29, 0.717) is 15.3 Å². The maximum Gasteiger partial charge on any atom is 0.471 e. The molecule has 0 spiro atoms. The first-order chi connectivity index (χ1) is 13.8. The minimum Gasteiger partial charge on any atom is -0.351 e. The summed E-state index contributed by atoms with van der Waals surface area (Å²) in [6.07, 6.45) is -0.496. The number of amides is 2. The highest BCUT2D eigenvalue weighted by Crippen LogP contribution is 2.35. The molecule has 0 unspecified atom stereocenters. The molecule has 1 aliphatic carbocycles. The first-order valence-corrected chi connectivity index (χ1v) is 10.5. The molecule has 156 valence electrons. The Bertz CT molecular complexity index is 846. The van der Waals surface area contributed by atoms with E-state index in [1.165, 1.54) is 12.1 Å². The molecule has 8 heteroatoms. The summed E-state index contributed by atoms with van der Waals surface area (Å²) < 4.78 is 40.5. The van der Waals surface area contributed by atoms with Gasteiger partial charge in [-0.1, -0.05) is 37.5 Å². The lowest BCUT2D eigenvalue weighted by Crippen LogP contribution is -2.50. The van der Waals surface area contributed by atoms with Crippen molar-refractivity contribution in [2.24, 2.45) is 0 Å². The number of benzene rings is 1. The van der Waals surface area contributed by atoms with Gasteiger partial charge in [-0.2, -0.15) is 13.2 Å². The van der Waals surface area contributed by atoms with E-state index >= 15 is 0 Å². The largest absolute Gasteiger partial charge is 0.471 e. The zero-order valence-electron chi connectivity index (χ0n) is 16.0. The van der Waals surface area contributed by atoms with E-state index < -0.39 is 24.0 Å². The molecule has 3 rings (SSSR count).